The largest absolute Gasteiger partial charge is 0.300 e. The Labute approximate surface area is 156 Å². The molecule has 0 unspecified atom stereocenters. The van der Waals surface area contributed by atoms with Gasteiger partial charge in [-0.1, -0.05) is 63.1 Å². The average molecular weight is 358 g/mol. The number of thiol groups is 1. The third-order valence-corrected chi connectivity index (χ3v) is 6.72. The van der Waals surface area contributed by atoms with Crippen LogP contribution in [-0.4, -0.2) is 11.3 Å². The van der Waals surface area contributed by atoms with E-state index >= 15 is 0 Å². The molecule has 0 radical (unpaired) electrons. The zero-order valence-electron chi connectivity index (χ0n) is 14.6. The van der Waals surface area contributed by atoms with E-state index in [1.807, 2.05) is 11.8 Å². The van der Waals surface area contributed by atoms with Gasteiger partial charge in [-0.15, -0.1) is 24.4 Å². The summed E-state index contributed by atoms with van der Waals surface area (Å²) in [5.74, 6) is 1.12. The second-order valence-electron chi connectivity index (χ2n) is 6.74. The van der Waals surface area contributed by atoms with Crippen LogP contribution >= 0.6 is 24.4 Å². The summed E-state index contributed by atoms with van der Waals surface area (Å²) in [5, 5.41) is 4.06. The van der Waals surface area contributed by atoms with Crippen molar-refractivity contribution in [2.45, 2.75) is 60.9 Å². The van der Waals surface area contributed by atoms with Crippen molar-refractivity contribution in [3.63, 3.8) is 0 Å². The maximum atomic E-state index is 4.56. The summed E-state index contributed by atoms with van der Waals surface area (Å²) in [6.07, 6.45) is 4.91. The highest BCUT2D eigenvalue weighted by Gasteiger charge is 2.35. The number of rotatable bonds is 5. The first-order chi connectivity index (χ1) is 11.7. The average Bonchev–Trinajstić information content (AvgIpc) is 2.78. The fourth-order valence-electron chi connectivity index (χ4n) is 3.48. The van der Waals surface area contributed by atoms with Crippen molar-refractivity contribution < 1.29 is 0 Å². The quantitative estimate of drug-likeness (QED) is 0.627. The van der Waals surface area contributed by atoms with E-state index in [0.717, 1.165) is 17.1 Å². The molecule has 1 aliphatic rings. The lowest BCUT2D eigenvalue weighted by Gasteiger charge is -2.36. The van der Waals surface area contributed by atoms with Crippen LogP contribution in [0.2, 0.25) is 0 Å². The lowest BCUT2D eigenvalue weighted by Crippen LogP contribution is -2.48. The smallest absolute Gasteiger partial charge is 0.0592 e. The molecule has 0 fully saturated rings. The van der Waals surface area contributed by atoms with E-state index in [1.165, 1.54) is 35.3 Å². The second kappa shape index (κ2) is 7.99. The minimum absolute atomic E-state index is 0.191. The SMILES string of the molecule is CCCC[C@@]1(CC)CSc2cc(S)ccc2[C@H](c2ccccc2)N1. The first-order valence-corrected chi connectivity index (χ1v) is 10.4. The van der Waals surface area contributed by atoms with Gasteiger partial charge in [0, 0.05) is 21.1 Å². The number of nitrogens with one attached hydrogen (secondary N) is 1. The Morgan fingerprint density at radius 3 is 2.67 bits per heavy atom. The van der Waals surface area contributed by atoms with Crippen molar-refractivity contribution in [2.24, 2.45) is 0 Å². The van der Waals surface area contributed by atoms with Gasteiger partial charge in [-0.25, -0.2) is 0 Å². The van der Waals surface area contributed by atoms with Crippen LogP contribution in [0.5, 0.6) is 0 Å². The molecule has 3 heteroatoms. The highest BCUT2D eigenvalue weighted by atomic mass is 32.2. The van der Waals surface area contributed by atoms with E-state index in [4.69, 9.17) is 0 Å². The van der Waals surface area contributed by atoms with E-state index in [0.29, 0.717) is 0 Å². The fourth-order valence-corrected chi connectivity index (χ4v) is 5.19. The molecule has 0 aliphatic carbocycles. The predicted octanol–water partition coefficient (Wildman–Crippen LogP) is 6.10. The van der Waals surface area contributed by atoms with E-state index in [1.54, 1.807) is 0 Å². The minimum atomic E-state index is 0.191. The number of unbranched alkanes of at least 4 members (excludes halogenated alkanes) is 1. The van der Waals surface area contributed by atoms with Crippen LogP contribution in [0.25, 0.3) is 0 Å². The first-order valence-electron chi connectivity index (χ1n) is 8.96. The molecule has 1 nitrogen and oxygen atoms in total. The molecule has 24 heavy (non-hydrogen) atoms. The number of hydrogen-bond acceptors (Lipinski definition) is 3. The summed E-state index contributed by atoms with van der Waals surface area (Å²) < 4.78 is 0. The molecule has 0 bridgehead atoms. The Hall–Kier alpha value is -0.900. The number of fused-ring (bicyclic) bond motifs is 1. The minimum Gasteiger partial charge on any atom is -0.300 e. The van der Waals surface area contributed by atoms with Crippen molar-refractivity contribution >= 4 is 24.4 Å². The fraction of sp³-hybridized carbons (Fsp3) is 0.429. The molecule has 2 atom stereocenters. The first kappa shape index (κ1) is 17.9. The highest BCUT2D eigenvalue weighted by molar-refractivity contribution is 7.99. The van der Waals surface area contributed by atoms with Gasteiger partial charge in [0.15, 0.2) is 0 Å². The van der Waals surface area contributed by atoms with E-state index in [9.17, 15) is 0 Å². The summed E-state index contributed by atoms with van der Waals surface area (Å²) in [7, 11) is 0. The Kier molecular flexibility index (Phi) is 5.96. The Balaban J connectivity index is 2.04. The Bertz CT molecular complexity index is 671. The molecule has 1 N–H and O–H groups in total. The molecule has 2 aromatic carbocycles. The Morgan fingerprint density at radius 1 is 1.17 bits per heavy atom. The van der Waals surface area contributed by atoms with Gasteiger partial charge in [0.2, 0.25) is 0 Å². The van der Waals surface area contributed by atoms with Crippen molar-refractivity contribution in [2.75, 3.05) is 5.75 Å². The summed E-state index contributed by atoms with van der Waals surface area (Å²) in [5.41, 5.74) is 2.93. The second-order valence-corrected chi connectivity index (χ2v) is 8.27. The normalized spacial score (nSPS) is 23.5. The lowest BCUT2D eigenvalue weighted by atomic mass is 9.88. The summed E-state index contributed by atoms with van der Waals surface area (Å²) in [4.78, 5) is 2.42. The third kappa shape index (κ3) is 3.84. The maximum Gasteiger partial charge on any atom is 0.0592 e. The van der Waals surface area contributed by atoms with Gasteiger partial charge in [0.25, 0.3) is 0 Å². The molecule has 3 rings (SSSR count). The van der Waals surface area contributed by atoms with Crippen molar-refractivity contribution in [3.8, 4) is 0 Å². The van der Waals surface area contributed by atoms with Gasteiger partial charge in [-0.3, -0.25) is 5.32 Å². The van der Waals surface area contributed by atoms with Gasteiger partial charge in [0.05, 0.1) is 6.04 Å². The van der Waals surface area contributed by atoms with Crippen molar-refractivity contribution in [1.29, 1.82) is 0 Å². The number of hydrogen-bond donors (Lipinski definition) is 2. The van der Waals surface area contributed by atoms with Gasteiger partial charge < -0.3 is 0 Å². The molecule has 0 saturated carbocycles. The van der Waals surface area contributed by atoms with Crippen LogP contribution in [0.4, 0.5) is 0 Å². The summed E-state index contributed by atoms with van der Waals surface area (Å²) >= 11 is 6.55. The zero-order valence-corrected chi connectivity index (χ0v) is 16.3. The monoisotopic (exact) mass is 357 g/mol. The molecular weight excluding hydrogens is 330 g/mol. The molecule has 0 spiro atoms. The standard InChI is InChI=1S/C21H27NS2/c1-3-5-13-21(4-2)15-24-19-14-17(23)11-12-18(19)20(22-21)16-9-7-6-8-10-16/h6-12,14,20,22-23H,3-5,13,15H2,1-2H3/t20-,21-/m0/s1. The Morgan fingerprint density at radius 2 is 1.96 bits per heavy atom. The van der Waals surface area contributed by atoms with Gasteiger partial charge in [-0.2, -0.15) is 0 Å². The molecular formula is C21H27NS2. The van der Waals surface area contributed by atoms with E-state index in [-0.39, 0.29) is 11.6 Å². The van der Waals surface area contributed by atoms with Crippen LogP contribution in [-0.2, 0) is 0 Å². The molecule has 2 aromatic rings. The topological polar surface area (TPSA) is 12.0 Å². The van der Waals surface area contributed by atoms with Crippen molar-refractivity contribution in [3.05, 3.63) is 59.7 Å². The number of benzene rings is 2. The van der Waals surface area contributed by atoms with Crippen molar-refractivity contribution in [1.82, 2.24) is 5.32 Å². The molecule has 0 amide bonds. The highest BCUT2D eigenvalue weighted by Crippen LogP contribution is 2.41. The zero-order chi connectivity index (χ0) is 17.0. The van der Waals surface area contributed by atoms with Crippen LogP contribution in [0, 0.1) is 0 Å². The van der Waals surface area contributed by atoms with Gasteiger partial charge in [-0.05, 0) is 36.1 Å². The molecule has 1 heterocycles. The van der Waals surface area contributed by atoms with Crippen LogP contribution in [0.1, 0.15) is 56.7 Å². The number of thioether (sulfide) groups is 1. The van der Waals surface area contributed by atoms with Crippen LogP contribution < -0.4 is 5.32 Å². The lowest BCUT2D eigenvalue weighted by molar-refractivity contribution is 0.298. The van der Waals surface area contributed by atoms with Crippen LogP contribution in [0.3, 0.4) is 0 Å². The molecule has 128 valence electrons. The molecule has 0 aromatic heterocycles. The van der Waals surface area contributed by atoms with E-state index < -0.39 is 0 Å². The van der Waals surface area contributed by atoms with Crippen LogP contribution in [0.15, 0.2) is 58.3 Å². The van der Waals surface area contributed by atoms with E-state index in [2.05, 4.69) is 80.3 Å². The van der Waals surface area contributed by atoms with Gasteiger partial charge in [0.1, 0.15) is 0 Å². The maximum absolute atomic E-state index is 4.56. The molecule has 0 saturated heterocycles. The summed E-state index contributed by atoms with van der Waals surface area (Å²) in [6, 6.07) is 17.7. The van der Waals surface area contributed by atoms with Gasteiger partial charge >= 0.3 is 0 Å². The summed E-state index contributed by atoms with van der Waals surface area (Å²) in [6.45, 7) is 4.61. The third-order valence-electron chi connectivity index (χ3n) is 5.08. The molecule has 1 aliphatic heterocycles. The predicted molar refractivity (Wildman–Crippen MR) is 108 cm³/mol.